The minimum Gasteiger partial charge on any atom is -0.598 e. The Morgan fingerprint density at radius 3 is 1.84 bits per heavy atom. The van der Waals surface area contributed by atoms with Crippen molar-refractivity contribution in [3.05, 3.63) is 35.4 Å². The predicted octanol–water partition coefficient (Wildman–Crippen LogP) is 4.10. The third-order valence-corrected chi connectivity index (χ3v) is 4.80. The van der Waals surface area contributed by atoms with Gasteiger partial charge in [0.05, 0.1) is 6.04 Å². The molecule has 0 saturated heterocycles. The molecule has 0 aliphatic rings. The Bertz CT molecular complexity index is 400. The van der Waals surface area contributed by atoms with Crippen LogP contribution in [-0.2, 0) is 16.8 Å². The molecule has 2 nitrogen and oxygen atoms in total. The van der Waals surface area contributed by atoms with Crippen LogP contribution in [0.3, 0.4) is 0 Å². The van der Waals surface area contributed by atoms with E-state index in [9.17, 15) is 4.55 Å². The Balaban J connectivity index is 2.76. The van der Waals surface area contributed by atoms with Gasteiger partial charge in [0, 0.05) is 11.4 Å². The van der Waals surface area contributed by atoms with Crippen LogP contribution in [0.5, 0.6) is 0 Å². The zero-order valence-electron chi connectivity index (χ0n) is 13.2. The van der Waals surface area contributed by atoms with Crippen LogP contribution in [0, 0.1) is 0 Å². The number of nitrogens with one attached hydrogen (secondary N) is 1. The van der Waals surface area contributed by atoms with Crippen LogP contribution in [0.25, 0.3) is 0 Å². The van der Waals surface area contributed by atoms with E-state index < -0.39 is 11.4 Å². The number of benzene rings is 1. The van der Waals surface area contributed by atoms with Crippen LogP contribution >= 0.6 is 0 Å². The summed E-state index contributed by atoms with van der Waals surface area (Å²) in [6.07, 6.45) is 0. The van der Waals surface area contributed by atoms with Crippen LogP contribution in [0.2, 0.25) is 0 Å². The Hall–Kier alpha value is -0.510. The van der Waals surface area contributed by atoms with Crippen molar-refractivity contribution < 1.29 is 4.55 Å². The highest BCUT2D eigenvalue weighted by atomic mass is 32.2. The molecule has 0 heterocycles. The molecule has 1 unspecified atom stereocenters. The van der Waals surface area contributed by atoms with E-state index in [1.807, 2.05) is 20.8 Å². The van der Waals surface area contributed by atoms with Gasteiger partial charge in [0.1, 0.15) is 4.75 Å². The maximum absolute atomic E-state index is 12.1. The van der Waals surface area contributed by atoms with Crippen LogP contribution in [0.4, 0.5) is 0 Å². The highest BCUT2D eigenvalue weighted by Gasteiger charge is 2.28. The highest BCUT2D eigenvalue weighted by molar-refractivity contribution is 7.90. The lowest BCUT2D eigenvalue weighted by Gasteiger charge is -2.27. The first-order chi connectivity index (χ1) is 8.51. The van der Waals surface area contributed by atoms with Crippen molar-refractivity contribution in [2.24, 2.45) is 0 Å². The van der Waals surface area contributed by atoms with E-state index in [0.717, 1.165) is 0 Å². The fourth-order valence-corrected chi connectivity index (χ4v) is 2.49. The SMILES string of the molecule is CC(N[S@@+]([O-])C(C)(C)C)c1ccc(C(C)(C)C)cc1. The zero-order chi connectivity index (χ0) is 14.8. The van der Waals surface area contributed by atoms with Crippen molar-refractivity contribution in [3.8, 4) is 0 Å². The van der Waals surface area contributed by atoms with Gasteiger partial charge in [-0.2, -0.15) is 0 Å². The first-order valence-electron chi connectivity index (χ1n) is 6.80. The molecule has 0 spiro atoms. The molecule has 3 heteroatoms. The van der Waals surface area contributed by atoms with E-state index in [1.165, 1.54) is 11.1 Å². The summed E-state index contributed by atoms with van der Waals surface area (Å²) in [7, 11) is 0. The minimum atomic E-state index is -1.04. The summed E-state index contributed by atoms with van der Waals surface area (Å²) in [5.41, 5.74) is 2.66. The van der Waals surface area contributed by atoms with Crippen LogP contribution in [-0.4, -0.2) is 9.30 Å². The molecule has 0 fully saturated rings. The Morgan fingerprint density at radius 1 is 1.00 bits per heavy atom. The minimum absolute atomic E-state index is 0.0917. The van der Waals surface area contributed by atoms with Crippen molar-refractivity contribution in [3.63, 3.8) is 0 Å². The average molecular weight is 281 g/mol. The number of rotatable bonds is 3. The highest BCUT2D eigenvalue weighted by Crippen LogP contribution is 2.25. The molecule has 0 bridgehead atoms. The summed E-state index contributed by atoms with van der Waals surface area (Å²) < 4.78 is 15.0. The Kier molecular flexibility index (Phi) is 5.10. The average Bonchev–Trinajstić information content (AvgIpc) is 2.26. The molecule has 1 N–H and O–H groups in total. The first-order valence-corrected chi connectivity index (χ1v) is 7.95. The Morgan fingerprint density at radius 2 is 1.47 bits per heavy atom. The van der Waals surface area contributed by atoms with Gasteiger partial charge in [-0.3, -0.25) is 0 Å². The van der Waals surface area contributed by atoms with Gasteiger partial charge in [-0.1, -0.05) is 45.0 Å². The molecule has 0 aliphatic carbocycles. The first kappa shape index (κ1) is 16.5. The molecule has 1 rings (SSSR count). The second kappa shape index (κ2) is 5.86. The largest absolute Gasteiger partial charge is 0.598 e. The second-order valence-electron chi connectivity index (χ2n) is 7.09. The van der Waals surface area contributed by atoms with E-state index in [4.69, 9.17) is 0 Å². The summed E-state index contributed by atoms with van der Waals surface area (Å²) in [6, 6.07) is 8.66. The smallest absolute Gasteiger partial charge is 0.136 e. The molecule has 0 aromatic heterocycles. The van der Waals surface area contributed by atoms with Crippen LogP contribution in [0.15, 0.2) is 24.3 Å². The summed E-state index contributed by atoms with van der Waals surface area (Å²) >= 11 is -1.04. The van der Waals surface area contributed by atoms with Gasteiger partial charge < -0.3 is 4.55 Å². The molecule has 1 aromatic carbocycles. The quantitative estimate of drug-likeness (QED) is 0.847. The van der Waals surface area contributed by atoms with E-state index >= 15 is 0 Å². The van der Waals surface area contributed by atoms with E-state index in [-0.39, 0.29) is 16.2 Å². The third-order valence-electron chi connectivity index (χ3n) is 3.12. The molecular weight excluding hydrogens is 254 g/mol. The zero-order valence-corrected chi connectivity index (χ0v) is 14.0. The van der Waals surface area contributed by atoms with Crippen LogP contribution < -0.4 is 4.72 Å². The molecule has 0 amide bonds. The lowest BCUT2D eigenvalue weighted by atomic mass is 9.86. The fourth-order valence-electron chi connectivity index (χ4n) is 1.68. The predicted molar refractivity (Wildman–Crippen MR) is 84.6 cm³/mol. The lowest BCUT2D eigenvalue weighted by Crippen LogP contribution is -2.40. The normalized spacial score (nSPS) is 16.2. The summed E-state index contributed by atoms with van der Waals surface area (Å²) in [5.74, 6) is 0. The van der Waals surface area contributed by atoms with E-state index in [2.05, 4.69) is 56.7 Å². The fraction of sp³-hybridized carbons (Fsp3) is 0.625. The molecule has 2 atom stereocenters. The molecule has 1 aromatic rings. The van der Waals surface area contributed by atoms with Crippen molar-refractivity contribution in [2.75, 3.05) is 0 Å². The second-order valence-corrected chi connectivity index (χ2v) is 9.09. The molecule has 108 valence electrons. The monoisotopic (exact) mass is 281 g/mol. The number of hydrogen-bond acceptors (Lipinski definition) is 2. The lowest BCUT2D eigenvalue weighted by molar-refractivity contribution is 0.531. The van der Waals surface area contributed by atoms with Crippen LogP contribution in [0.1, 0.15) is 65.6 Å². The maximum Gasteiger partial charge on any atom is 0.136 e. The van der Waals surface area contributed by atoms with Gasteiger partial charge in [0.2, 0.25) is 0 Å². The molecule has 0 radical (unpaired) electrons. The third kappa shape index (κ3) is 4.83. The maximum atomic E-state index is 12.1. The molecule has 0 saturated carbocycles. The van der Waals surface area contributed by atoms with Crippen molar-refractivity contribution in [1.82, 2.24) is 4.72 Å². The summed E-state index contributed by atoms with van der Waals surface area (Å²) in [5, 5.41) is 0. The molecular formula is C16H27NOS. The summed E-state index contributed by atoms with van der Waals surface area (Å²) in [6.45, 7) is 14.6. The standard InChI is InChI=1S/C16H27NOS/c1-12(17-19(18)16(5,6)7)13-8-10-14(11-9-13)15(2,3)4/h8-12,17H,1-7H3/t12?,19-/m0/s1. The van der Waals surface area contributed by atoms with Gasteiger partial charge in [-0.25, -0.2) is 0 Å². The van der Waals surface area contributed by atoms with Crippen molar-refractivity contribution in [2.45, 2.75) is 64.7 Å². The topological polar surface area (TPSA) is 35.1 Å². The van der Waals surface area contributed by atoms with Gasteiger partial charge in [-0.15, -0.1) is 4.72 Å². The van der Waals surface area contributed by atoms with E-state index in [0.29, 0.717) is 0 Å². The Labute approximate surface area is 121 Å². The van der Waals surface area contributed by atoms with Gasteiger partial charge in [0.15, 0.2) is 0 Å². The van der Waals surface area contributed by atoms with Crippen molar-refractivity contribution in [1.29, 1.82) is 0 Å². The molecule has 19 heavy (non-hydrogen) atoms. The van der Waals surface area contributed by atoms with Gasteiger partial charge in [0.25, 0.3) is 0 Å². The van der Waals surface area contributed by atoms with Gasteiger partial charge in [-0.05, 0) is 44.2 Å². The molecule has 0 aliphatic heterocycles. The van der Waals surface area contributed by atoms with Gasteiger partial charge >= 0.3 is 0 Å². The number of hydrogen-bond donors (Lipinski definition) is 1. The summed E-state index contributed by atoms with van der Waals surface area (Å²) in [4.78, 5) is 0. The van der Waals surface area contributed by atoms with Crippen molar-refractivity contribution >= 4 is 11.4 Å². The van der Waals surface area contributed by atoms with E-state index in [1.54, 1.807) is 0 Å².